The van der Waals surface area contributed by atoms with Gasteiger partial charge < -0.3 is 9.64 Å². The molecule has 0 bridgehead atoms. The largest absolute Gasteiger partial charge is 0.426 e. The summed E-state index contributed by atoms with van der Waals surface area (Å²) in [5, 5.41) is 0. The van der Waals surface area contributed by atoms with E-state index in [-0.39, 0.29) is 42.5 Å². The summed E-state index contributed by atoms with van der Waals surface area (Å²) in [5.41, 5.74) is 1.23. The number of benzene rings is 2. The van der Waals surface area contributed by atoms with Crippen molar-refractivity contribution < 1.29 is 23.9 Å². The summed E-state index contributed by atoms with van der Waals surface area (Å²) < 4.78 is 5.48. The van der Waals surface area contributed by atoms with E-state index in [0.29, 0.717) is 24.3 Å². The molecule has 2 heterocycles. The van der Waals surface area contributed by atoms with Gasteiger partial charge in [-0.1, -0.05) is 30.4 Å². The van der Waals surface area contributed by atoms with Crippen molar-refractivity contribution in [3.8, 4) is 5.75 Å². The van der Waals surface area contributed by atoms with E-state index in [1.807, 2.05) is 42.5 Å². The Bertz CT molecular complexity index is 1080. The second-order valence-corrected chi connectivity index (χ2v) is 8.32. The third-order valence-corrected chi connectivity index (χ3v) is 6.35. The SMILES string of the molecule is O=C(Oc1ccc(N2C(=O)C3CC=CCC3C2=O)cc1)C1CC(=O)N(c2ccccc2)C1. The molecule has 2 aliphatic heterocycles. The van der Waals surface area contributed by atoms with Gasteiger partial charge >= 0.3 is 5.97 Å². The predicted molar refractivity (Wildman–Crippen MR) is 117 cm³/mol. The van der Waals surface area contributed by atoms with Crippen LogP contribution in [0, 0.1) is 17.8 Å². The lowest BCUT2D eigenvalue weighted by Crippen LogP contribution is -2.30. The standard InChI is InChI=1S/C25H22N2O5/c28-22-14-16(15-26(22)17-6-2-1-3-7-17)25(31)32-19-12-10-18(11-13-19)27-23(29)20-8-4-5-9-21(20)24(27)30/h1-7,10-13,16,20-21H,8-9,14-15H2. The van der Waals surface area contributed by atoms with Crippen LogP contribution in [0.25, 0.3) is 0 Å². The molecule has 0 spiro atoms. The first-order valence-electron chi connectivity index (χ1n) is 10.7. The molecular formula is C25H22N2O5. The van der Waals surface area contributed by atoms with Crippen molar-refractivity contribution in [2.45, 2.75) is 19.3 Å². The van der Waals surface area contributed by atoms with E-state index in [1.165, 1.54) is 4.90 Å². The molecule has 32 heavy (non-hydrogen) atoms. The van der Waals surface area contributed by atoms with Crippen LogP contribution < -0.4 is 14.5 Å². The van der Waals surface area contributed by atoms with Crippen LogP contribution in [0.5, 0.6) is 5.75 Å². The molecule has 0 aromatic heterocycles. The van der Waals surface area contributed by atoms with Gasteiger partial charge in [0.05, 0.1) is 23.4 Å². The minimum absolute atomic E-state index is 0.0966. The van der Waals surface area contributed by atoms with E-state index in [2.05, 4.69) is 0 Å². The number of hydrogen-bond donors (Lipinski definition) is 0. The highest BCUT2D eigenvalue weighted by Crippen LogP contribution is 2.38. The number of esters is 1. The van der Waals surface area contributed by atoms with Crippen LogP contribution >= 0.6 is 0 Å². The highest BCUT2D eigenvalue weighted by Gasteiger charge is 2.47. The van der Waals surface area contributed by atoms with Crippen molar-refractivity contribution in [2.75, 3.05) is 16.3 Å². The second-order valence-electron chi connectivity index (χ2n) is 8.32. The zero-order valence-electron chi connectivity index (χ0n) is 17.3. The quantitative estimate of drug-likeness (QED) is 0.322. The van der Waals surface area contributed by atoms with Gasteiger partial charge in [-0.25, -0.2) is 0 Å². The normalized spacial score (nSPS) is 24.8. The molecule has 2 saturated heterocycles. The van der Waals surface area contributed by atoms with Crippen LogP contribution in [-0.4, -0.2) is 30.2 Å². The van der Waals surface area contributed by atoms with Crippen molar-refractivity contribution in [3.05, 3.63) is 66.7 Å². The molecule has 7 heteroatoms. The molecule has 2 aromatic carbocycles. The maximum atomic E-state index is 12.7. The molecule has 5 rings (SSSR count). The Kier molecular flexibility index (Phi) is 5.09. The van der Waals surface area contributed by atoms with Crippen molar-refractivity contribution in [2.24, 2.45) is 17.8 Å². The van der Waals surface area contributed by atoms with Gasteiger partial charge in [0.1, 0.15) is 5.75 Å². The molecule has 162 valence electrons. The second kappa shape index (κ2) is 8.07. The van der Waals surface area contributed by atoms with E-state index in [0.717, 1.165) is 5.69 Å². The van der Waals surface area contributed by atoms with Crippen LogP contribution in [0.2, 0.25) is 0 Å². The van der Waals surface area contributed by atoms with Gasteiger partial charge in [0.2, 0.25) is 17.7 Å². The minimum atomic E-state index is -0.556. The number of nitrogens with zero attached hydrogens (tertiary/aromatic N) is 2. The Hall–Kier alpha value is -3.74. The molecule has 3 unspecified atom stereocenters. The number of carbonyl (C=O) groups excluding carboxylic acids is 4. The van der Waals surface area contributed by atoms with Gasteiger partial charge in [0, 0.05) is 18.7 Å². The fourth-order valence-electron chi connectivity index (χ4n) is 4.64. The Balaban J connectivity index is 1.25. The van der Waals surface area contributed by atoms with Gasteiger partial charge in [0.15, 0.2) is 0 Å². The Morgan fingerprint density at radius 3 is 2.06 bits per heavy atom. The minimum Gasteiger partial charge on any atom is -0.426 e. The fraction of sp³-hybridized carbons (Fsp3) is 0.280. The summed E-state index contributed by atoms with van der Waals surface area (Å²) in [5.74, 6) is -1.79. The number of rotatable bonds is 4. The number of anilines is 2. The average Bonchev–Trinajstić information content (AvgIpc) is 3.33. The van der Waals surface area contributed by atoms with Crippen molar-refractivity contribution >= 4 is 35.1 Å². The molecule has 1 aliphatic carbocycles. The lowest BCUT2D eigenvalue weighted by atomic mass is 9.85. The van der Waals surface area contributed by atoms with Crippen molar-refractivity contribution in [1.29, 1.82) is 0 Å². The zero-order chi connectivity index (χ0) is 22.2. The summed E-state index contributed by atoms with van der Waals surface area (Å²) in [6.45, 7) is 0.271. The Labute approximate surface area is 185 Å². The number of allylic oxidation sites excluding steroid dienone is 2. The lowest BCUT2D eigenvalue weighted by Gasteiger charge is -2.17. The highest BCUT2D eigenvalue weighted by molar-refractivity contribution is 6.22. The molecule has 0 N–H and O–H groups in total. The van der Waals surface area contributed by atoms with Crippen molar-refractivity contribution in [1.82, 2.24) is 0 Å². The van der Waals surface area contributed by atoms with Gasteiger partial charge in [0.25, 0.3) is 0 Å². The van der Waals surface area contributed by atoms with Crippen molar-refractivity contribution in [3.63, 3.8) is 0 Å². The zero-order valence-corrected chi connectivity index (χ0v) is 17.3. The number of hydrogen-bond acceptors (Lipinski definition) is 5. The number of fused-ring (bicyclic) bond motifs is 1. The lowest BCUT2D eigenvalue weighted by molar-refractivity contribution is -0.139. The summed E-state index contributed by atoms with van der Waals surface area (Å²) in [6.07, 6.45) is 5.17. The molecular weight excluding hydrogens is 408 g/mol. The van der Waals surface area contributed by atoms with Crippen LogP contribution in [0.1, 0.15) is 19.3 Å². The third-order valence-electron chi connectivity index (χ3n) is 6.35. The Morgan fingerprint density at radius 2 is 1.44 bits per heavy atom. The predicted octanol–water partition coefficient (Wildman–Crippen LogP) is 3.10. The van der Waals surface area contributed by atoms with Gasteiger partial charge in [-0.15, -0.1) is 0 Å². The first-order chi connectivity index (χ1) is 15.5. The molecule has 2 fully saturated rings. The van der Waals surface area contributed by atoms with E-state index >= 15 is 0 Å². The molecule has 2 aromatic rings. The van der Waals surface area contributed by atoms with E-state index < -0.39 is 11.9 Å². The number of para-hydroxylation sites is 1. The number of imide groups is 1. The maximum Gasteiger partial charge on any atom is 0.316 e. The van der Waals surface area contributed by atoms with E-state index in [9.17, 15) is 19.2 Å². The number of ether oxygens (including phenoxy) is 1. The first kappa shape index (κ1) is 20.2. The molecule has 0 radical (unpaired) electrons. The summed E-state index contributed by atoms with van der Waals surface area (Å²) >= 11 is 0. The Morgan fingerprint density at radius 1 is 0.812 bits per heavy atom. The molecule has 0 saturated carbocycles. The summed E-state index contributed by atoms with van der Waals surface area (Å²) in [4.78, 5) is 53.2. The smallest absolute Gasteiger partial charge is 0.316 e. The molecule has 7 nitrogen and oxygen atoms in total. The van der Waals surface area contributed by atoms with Gasteiger partial charge in [-0.2, -0.15) is 0 Å². The number of amides is 3. The van der Waals surface area contributed by atoms with Crippen LogP contribution in [0.15, 0.2) is 66.7 Å². The van der Waals surface area contributed by atoms with E-state index in [1.54, 1.807) is 29.2 Å². The highest BCUT2D eigenvalue weighted by atomic mass is 16.5. The van der Waals surface area contributed by atoms with Gasteiger partial charge in [-0.05, 0) is 49.2 Å². The topological polar surface area (TPSA) is 84.0 Å². The van der Waals surface area contributed by atoms with Crippen LogP contribution in [-0.2, 0) is 19.2 Å². The first-order valence-corrected chi connectivity index (χ1v) is 10.7. The van der Waals surface area contributed by atoms with Gasteiger partial charge in [-0.3, -0.25) is 24.1 Å². The molecule has 3 atom stereocenters. The van der Waals surface area contributed by atoms with Crippen LogP contribution in [0.4, 0.5) is 11.4 Å². The van der Waals surface area contributed by atoms with E-state index in [4.69, 9.17) is 4.74 Å². The third kappa shape index (κ3) is 3.49. The molecule has 3 amide bonds. The summed E-state index contributed by atoms with van der Waals surface area (Å²) in [7, 11) is 0. The van der Waals surface area contributed by atoms with Crippen LogP contribution in [0.3, 0.4) is 0 Å². The molecule has 3 aliphatic rings. The maximum absolute atomic E-state index is 12.7. The fourth-order valence-corrected chi connectivity index (χ4v) is 4.64. The summed E-state index contributed by atoms with van der Waals surface area (Å²) in [6, 6.07) is 15.6. The monoisotopic (exact) mass is 430 g/mol. The number of carbonyl (C=O) groups is 4. The average molecular weight is 430 g/mol.